The van der Waals surface area contributed by atoms with Crippen LogP contribution < -0.4 is 0 Å². The van der Waals surface area contributed by atoms with Gasteiger partial charge in [0.2, 0.25) is 0 Å². The molecule has 1 saturated carbocycles. The third-order valence-corrected chi connectivity index (χ3v) is 6.57. The average molecular weight is 358 g/mol. The van der Waals surface area contributed by atoms with E-state index < -0.39 is 0 Å². The van der Waals surface area contributed by atoms with Gasteiger partial charge in [-0.15, -0.1) is 0 Å². The molecule has 1 aliphatic carbocycles. The summed E-state index contributed by atoms with van der Waals surface area (Å²) < 4.78 is 6.08. The maximum absolute atomic E-state index is 12.5. The number of aromatic nitrogens is 2. The van der Waals surface area contributed by atoms with E-state index in [1.54, 1.807) is 18.6 Å². The van der Waals surface area contributed by atoms with Crippen molar-refractivity contribution in [2.75, 3.05) is 39.9 Å². The van der Waals surface area contributed by atoms with Crippen molar-refractivity contribution in [2.45, 2.75) is 44.1 Å². The van der Waals surface area contributed by atoms with E-state index in [1.165, 1.54) is 32.1 Å². The molecule has 6 nitrogen and oxygen atoms in total. The van der Waals surface area contributed by atoms with Gasteiger partial charge in [0.15, 0.2) is 0 Å². The molecule has 2 saturated heterocycles. The first-order valence-corrected chi connectivity index (χ1v) is 10.0. The molecule has 6 heteroatoms. The van der Waals surface area contributed by atoms with Gasteiger partial charge in [0.25, 0.3) is 5.91 Å². The molecular formula is C20H30N4O2. The summed E-state index contributed by atoms with van der Waals surface area (Å²) in [4.78, 5) is 25.0. The number of rotatable bonds is 5. The molecule has 3 aliphatic rings. The summed E-state index contributed by atoms with van der Waals surface area (Å²) in [7, 11) is 2.19. The standard InChI is InChI=1S/C20H30N4O2/c1-23-9-6-17(13-26-12-16-4-2-3-5-16)10-20(23)14-24(15-20)19(25)18-11-21-7-8-22-18/h7-8,11,16-17H,2-6,9-10,12-15H2,1H3/t17-/m1/s1. The van der Waals surface area contributed by atoms with Crippen molar-refractivity contribution < 1.29 is 9.53 Å². The lowest BCUT2D eigenvalue weighted by Crippen LogP contribution is -2.72. The van der Waals surface area contributed by atoms with Gasteiger partial charge in [0, 0.05) is 38.7 Å². The Kier molecular flexibility index (Phi) is 5.23. The van der Waals surface area contributed by atoms with Gasteiger partial charge in [0.05, 0.1) is 11.7 Å². The molecule has 0 unspecified atom stereocenters. The minimum absolute atomic E-state index is 0.00303. The summed E-state index contributed by atoms with van der Waals surface area (Å²) in [5.74, 6) is 1.40. The summed E-state index contributed by atoms with van der Waals surface area (Å²) in [5, 5.41) is 0. The second-order valence-corrected chi connectivity index (χ2v) is 8.44. The molecule has 3 heterocycles. The van der Waals surface area contributed by atoms with Crippen LogP contribution in [-0.4, -0.2) is 71.1 Å². The largest absolute Gasteiger partial charge is 0.381 e. The molecule has 0 N–H and O–H groups in total. The van der Waals surface area contributed by atoms with Gasteiger partial charge in [-0.2, -0.15) is 0 Å². The molecule has 1 spiro atoms. The van der Waals surface area contributed by atoms with Crippen LogP contribution in [0.2, 0.25) is 0 Å². The Bertz CT molecular complexity index is 611. The van der Waals surface area contributed by atoms with Gasteiger partial charge >= 0.3 is 0 Å². The fourth-order valence-corrected chi connectivity index (χ4v) is 4.88. The van der Waals surface area contributed by atoms with E-state index in [2.05, 4.69) is 21.9 Å². The molecule has 142 valence electrons. The lowest BCUT2D eigenvalue weighted by molar-refractivity contribution is -0.0772. The highest BCUT2D eigenvalue weighted by atomic mass is 16.5. The number of likely N-dealkylation sites (N-methyl/N-ethyl adjacent to an activating group) is 1. The summed E-state index contributed by atoms with van der Waals surface area (Å²) >= 11 is 0. The predicted octanol–water partition coefficient (Wildman–Crippen LogP) is 2.22. The number of piperidine rings is 1. The van der Waals surface area contributed by atoms with Gasteiger partial charge < -0.3 is 9.64 Å². The SMILES string of the molecule is CN1CC[C@@H](COCC2CCCC2)CC12CN(C(=O)c1cnccn1)C2. The number of carbonyl (C=O) groups excluding carboxylic acids is 1. The van der Waals surface area contributed by atoms with Crippen molar-refractivity contribution in [1.82, 2.24) is 19.8 Å². The molecular weight excluding hydrogens is 328 g/mol. The van der Waals surface area contributed by atoms with Crippen molar-refractivity contribution in [3.05, 3.63) is 24.3 Å². The zero-order valence-electron chi connectivity index (χ0n) is 15.8. The lowest BCUT2D eigenvalue weighted by atomic mass is 9.75. The van der Waals surface area contributed by atoms with Crippen LogP contribution in [0, 0.1) is 11.8 Å². The Morgan fingerprint density at radius 3 is 2.69 bits per heavy atom. The minimum Gasteiger partial charge on any atom is -0.381 e. The van der Waals surface area contributed by atoms with Crippen LogP contribution in [0.4, 0.5) is 0 Å². The number of amides is 1. The molecule has 0 aromatic carbocycles. The first-order chi connectivity index (χ1) is 12.7. The third kappa shape index (κ3) is 3.62. The van der Waals surface area contributed by atoms with Crippen molar-refractivity contribution in [2.24, 2.45) is 11.8 Å². The van der Waals surface area contributed by atoms with E-state index in [4.69, 9.17) is 4.74 Å². The molecule has 26 heavy (non-hydrogen) atoms. The Morgan fingerprint density at radius 2 is 1.96 bits per heavy atom. The summed E-state index contributed by atoms with van der Waals surface area (Å²) in [6.07, 6.45) is 12.5. The predicted molar refractivity (Wildman–Crippen MR) is 98.8 cm³/mol. The highest BCUT2D eigenvalue weighted by Crippen LogP contribution is 2.39. The van der Waals surface area contributed by atoms with Crippen molar-refractivity contribution in [1.29, 1.82) is 0 Å². The highest BCUT2D eigenvalue weighted by molar-refractivity contribution is 5.92. The fraction of sp³-hybridized carbons (Fsp3) is 0.750. The van der Waals surface area contributed by atoms with Gasteiger partial charge in [-0.1, -0.05) is 12.8 Å². The van der Waals surface area contributed by atoms with E-state index >= 15 is 0 Å². The van der Waals surface area contributed by atoms with Crippen molar-refractivity contribution >= 4 is 5.91 Å². The Labute approximate surface area is 155 Å². The Balaban J connectivity index is 1.28. The molecule has 1 atom stereocenters. The minimum atomic E-state index is -0.00303. The monoisotopic (exact) mass is 358 g/mol. The maximum atomic E-state index is 12.5. The second-order valence-electron chi connectivity index (χ2n) is 8.44. The maximum Gasteiger partial charge on any atom is 0.274 e. The zero-order chi connectivity index (χ0) is 18.0. The zero-order valence-corrected chi connectivity index (χ0v) is 15.8. The second kappa shape index (κ2) is 7.61. The van der Waals surface area contributed by atoms with Crippen LogP contribution >= 0.6 is 0 Å². The van der Waals surface area contributed by atoms with E-state index in [0.717, 1.165) is 45.2 Å². The summed E-state index contributed by atoms with van der Waals surface area (Å²) in [6, 6.07) is 0. The average Bonchev–Trinajstić information content (AvgIpc) is 3.15. The fourth-order valence-electron chi connectivity index (χ4n) is 4.88. The highest BCUT2D eigenvalue weighted by Gasteiger charge is 2.51. The topological polar surface area (TPSA) is 58.6 Å². The Morgan fingerprint density at radius 1 is 1.19 bits per heavy atom. The molecule has 1 aromatic rings. The number of nitrogens with zero attached hydrogens (tertiary/aromatic N) is 4. The van der Waals surface area contributed by atoms with E-state index in [1.807, 2.05) is 4.90 Å². The Hall–Kier alpha value is -1.53. The van der Waals surface area contributed by atoms with Crippen LogP contribution in [0.1, 0.15) is 49.0 Å². The van der Waals surface area contributed by atoms with Gasteiger partial charge in [-0.05, 0) is 51.1 Å². The quantitative estimate of drug-likeness (QED) is 0.808. The third-order valence-electron chi connectivity index (χ3n) is 6.57. The van der Waals surface area contributed by atoms with Crippen molar-refractivity contribution in [3.8, 4) is 0 Å². The number of hydrogen-bond acceptors (Lipinski definition) is 5. The van der Waals surface area contributed by atoms with Crippen LogP contribution in [0.25, 0.3) is 0 Å². The lowest BCUT2D eigenvalue weighted by Gasteiger charge is -2.58. The van der Waals surface area contributed by atoms with Crippen LogP contribution in [-0.2, 0) is 4.74 Å². The van der Waals surface area contributed by atoms with Gasteiger partial charge in [0.1, 0.15) is 5.69 Å². The van der Waals surface area contributed by atoms with E-state index in [9.17, 15) is 4.79 Å². The van der Waals surface area contributed by atoms with E-state index in [0.29, 0.717) is 11.6 Å². The summed E-state index contributed by atoms with van der Waals surface area (Å²) in [6.45, 7) is 4.49. The van der Waals surface area contributed by atoms with Crippen LogP contribution in [0.3, 0.4) is 0 Å². The first kappa shape index (κ1) is 17.9. The number of likely N-dealkylation sites (tertiary alicyclic amines) is 2. The normalized spacial score (nSPS) is 26.2. The number of carbonyl (C=O) groups is 1. The molecule has 3 fully saturated rings. The molecule has 1 aromatic heterocycles. The molecule has 1 amide bonds. The van der Waals surface area contributed by atoms with Gasteiger partial charge in [-0.3, -0.25) is 14.7 Å². The summed E-state index contributed by atoms with van der Waals surface area (Å²) in [5.41, 5.74) is 0.564. The van der Waals surface area contributed by atoms with Crippen LogP contribution in [0.5, 0.6) is 0 Å². The molecule has 2 aliphatic heterocycles. The molecule has 4 rings (SSSR count). The first-order valence-electron chi connectivity index (χ1n) is 10.0. The number of hydrogen-bond donors (Lipinski definition) is 0. The van der Waals surface area contributed by atoms with Crippen LogP contribution in [0.15, 0.2) is 18.6 Å². The smallest absolute Gasteiger partial charge is 0.274 e. The molecule has 0 radical (unpaired) electrons. The van der Waals surface area contributed by atoms with E-state index in [-0.39, 0.29) is 11.4 Å². The van der Waals surface area contributed by atoms with Crippen molar-refractivity contribution in [3.63, 3.8) is 0 Å². The number of ether oxygens (including phenoxy) is 1. The van der Waals surface area contributed by atoms with Gasteiger partial charge in [-0.25, -0.2) is 4.98 Å². The molecule has 0 bridgehead atoms.